The molecule has 0 bridgehead atoms. The van der Waals surface area contributed by atoms with Crippen LogP contribution in [-0.2, 0) is 6.42 Å². The van der Waals surface area contributed by atoms with Gasteiger partial charge in [0.2, 0.25) is 0 Å². The molecule has 2 unspecified atom stereocenters. The predicted molar refractivity (Wildman–Crippen MR) is 84.1 cm³/mol. The van der Waals surface area contributed by atoms with Gasteiger partial charge >= 0.3 is 6.03 Å². The molecule has 116 valence electrons. The molecule has 4 heteroatoms. The van der Waals surface area contributed by atoms with E-state index in [1.54, 1.807) is 0 Å². The lowest BCUT2D eigenvalue weighted by atomic mass is 10.0. The third-order valence-corrected chi connectivity index (χ3v) is 3.93. The maximum atomic E-state index is 12.0. The number of carbonyl (C=O) groups excluding carboxylic acids is 1. The quantitative estimate of drug-likeness (QED) is 0.689. The first-order valence-corrected chi connectivity index (χ1v) is 7.95. The second-order valence-corrected chi connectivity index (χ2v) is 5.93. The molecule has 2 atom stereocenters. The lowest BCUT2D eigenvalue weighted by Crippen LogP contribution is -2.46. The first kappa shape index (κ1) is 15.8. The zero-order chi connectivity index (χ0) is 15.1. The lowest BCUT2D eigenvalue weighted by molar-refractivity contribution is 0.159. The zero-order valence-corrected chi connectivity index (χ0v) is 12.7. The van der Waals surface area contributed by atoms with E-state index in [1.807, 2.05) is 25.1 Å². The Labute approximate surface area is 126 Å². The van der Waals surface area contributed by atoms with Crippen molar-refractivity contribution in [2.75, 3.05) is 6.54 Å². The number of nitrogens with one attached hydrogen (secondary N) is 2. The summed E-state index contributed by atoms with van der Waals surface area (Å²) in [5.41, 5.74) is 1.25. The monoisotopic (exact) mass is 290 g/mol. The van der Waals surface area contributed by atoms with E-state index in [2.05, 4.69) is 22.8 Å². The van der Waals surface area contributed by atoms with Gasteiger partial charge in [-0.2, -0.15) is 0 Å². The van der Waals surface area contributed by atoms with Crippen molar-refractivity contribution in [3.63, 3.8) is 0 Å². The van der Waals surface area contributed by atoms with Crippen molar-refractivity contribution >= 4 is 6.03 Å². The molecule has 0 saturated heterocycles. The van der Waals surface area contributed by atoms with E-state index < -0.39 is 6.10 Å². The number of hydrogen-bond donors (Lipinski definition) is 3. The summed E-state index contributed by atoms with van der Waals surface area (Å²) >= 11 is 0. The van der Waals surface area contributed by atoms with Crippen molar-refractivity contribution in [3.8, 4) is 0 Å². The Bertz CT molecular complexity index is 432. The Morgan fingerprint density at radius 3 is 2.67 bits per heavy atom. The Morgan fingerprint density at radius 1 is 1.33 bits per heavy atom. The molecule has 0 aromatic heterocycles. The summed E-state index contributed by atoms with van der Waals surface area (Å²) in [5.74, 6) is 0.594. The van der Waals surface area contributed by atoms with Crippen LogP contribution < -0.4 is 10.6 Å². The van der Waals surface area contributed by atoms with E-state index in [0.717, 1.165) is 19.3 Å². The van der Waals surface area contributed by atoms with Gasteiger partial charge in [-0.3, -0.25) is 0 Å². The van der Waals surface area contributed by atoms with Crippen LogP contribution in [0.5, 0.6) is 0 Å². The first-order chi connectivity index (χ1) is 10.2. The van der Waals surface area contributed by atoms with Gasteiger partial charge in [0.1, 0.15) is 0 Å². The molecule has 2 rings (SSSR count). The Balaban J connectivity index is 1.78. The van der Waals surface area contributed by atoms with Gasteiger partial charge in [-0.15, -0.1) is 0 Å². The standard InChI is InChI=1S/C17H26N2O2/c1-2-6-15(20)12-18-17(21)19-16(14-9-10-14)11-13-7-4-3-5-8-13/h3-5,7-8,14-16,20H,2,6,9-12H2,1H3,(H2,18,19,21). The summed E-state index contributed by atoms with van der Waals surface area (Å²) in [7, 11) is 0. The largest absolute Gasteiger partial charge is 0.391 e. The van der Waals surface area contributed by atoms with Crippen LogP contribution in [0.4, 0.5) is 4.79 Å². The molecule has 3 N–H and O–H groups in total. The van der Waals surface area contributed by atoms with Gasteiger partial charge in [0.05, 0.1) is 6.10 Å². The number of benzene rings is 1. The number of aliphatic hydroxyl groups is 1. The molecule has 0 spiro atoms. The molecule has 0 heterocycles. The summed E-state index contributed by atoms with van der Waals surface area (Å²) in [6.07, 6.45) is 4.44. The molecular weight excluding hydrogens is 264 g/mol. The van der Waals surface area contributed by atoms with Gasteiger partial charge in [-0.25, -0.2) is 4.79 Å². The number of carbonyl (C=O) groups is 1. The average molecular weight is 290 g/mol. The number of rotatable bonds is 8. The van der Waals surface area contributed by atoms with Crippen molar-refractivity contribution in [1.82, 2.24) is 10.6 Å². The van der Waals surface area contributed by atoms with E-state index in [-0.39, 0.29) is 12.1 Å². The predicted octanol–water partition coefficient (Wildman–Crippen LogP) is 2.47. The van der Waals surface area contributed by atoms with Crippen LogP contribution in [0.15, 0.2) is 30.3 Å². The number of amides is 2. The smallest absolute Gasteiger partial charge is 0.315 e. The highest BCUT2D eigenvalue weighted by atomic mass is 16.3. The summed E-state index contributed by atoms with van der Waals surface area (Å²) in [6.45, 7) is 2.34. The molecular formula is C17H26N2O2. The third-order valence-electron chi connectivity index (χ3n) is 3.93. The summed E-state index contributed by atoms with van der Waals surface area (Å²) in [4.78, 5) is 12.0. The Hall–Kier alpha value is -1.55. The van der Waals surface area contributed by atoms with Gasteiger partial charge in [0, 0.05) is 12.6 Å². The second-order valence-electron chi connectivity index (χ2n) is 5.93. The van der Waals surface area contributed by atoms with Crippen molar-refractivity contribution < 1.29 is 9.90 Å². The highest BCUT2D eigenvalue weighted by Gasteiger charge is 2.32. The minimum atomic E-state index is -0.450. The molecule has 4 nitrogen and oxygen atoms in total. The normalized spacial score (nSPS) is 17.0. The summed E-state index contributed by atoms with van der Waals surface area (Å²) in [6, 6.07) is 10.3. The number of hydrogen-bond acceptors (Lipinski definition) is 2. The van der Waals surface area contributed by atoms with Crippen LogP contribution in [0.3, 0.4) is 0 Å². The van der Waals surface area contributed by atoms with Crippen LogP contribution in [0.1, 0.15) is 38.2 Å². The molecule has 1 aliphatic carbocycles. The highest BCUT2D eigenvalue weighted by Crippen LogP contribution is 2.34. The molecule has 0 aliphatic heterocycles. The Morgan fingerprint density at radius 2 is 2.05 bits per heavy atom. The molecule has 1 saturated carbocycles. The van der Waals surface area contributed by atoms with Gasteiger partial charge in [-0.05, 0) is 37.2 Å². The lowest BCUT2D eigenvalue weighted by Gasteiger charge is -2.19. The van der Waals surface area contributed by atoms with Crippen molar-refractivity contribution in [2.45, 2.75) is 51.2 Å². The van der Waals surface area contributed by atoms with Crippen molar-refractivity contribution in [2.24, 2.45) is 5.92 Å². The third kappa shape index (κ3) is 5.76. The number of urea groups is 1. The van der Waals surface area contributed by atoms with E-state index in [4.69, 9.17) is 0 Å². The molecule has 2 amide bonds. The van der Waals surface area contributed by atoms with E-state index in [0.29, 0.717) is 12.5 Å². The maximum absolute atomic E-state index is 12.0. The minimum absolute atomic E-state index is 0.169. The van der Waals surface area contributed by atoms with Gasteiger partial charge in [-0.1, -0.05) is 43.7 Å². The Kier molecular flexibility index (Phi) is 6.05. The summed E-state index contributed by atoms with van der Waals surface area (Å²) in [5, 5.41) is 15.5. The molecule has 0 radical (unpaired) electrons. The minimum Gasteiger partial charge on any atom is -0.391 e. The van der Waals surface area contributed by atoms with E-state index >= 15 is 0 Å². The fourth-order valence-corrected chi connectivity index (χ4v) is 2.57. The summed E-state index contributed by atoms with van der Waals surface area (Å²) < 4.78 is 0. The molecule has 21 heavy (non-hydrogen) atoms. The van der Waals surface area contributed by atoms with Crippen molar-refractivity contribution in [1.29, 1.82) is 0 Å². The van der Waals surface area contributed by atoms with Crippen molar-refractivity contribution in [3.05, 3.63) is 35.9 Å². The van der Waals surface area contributed by atoms with Gasteiger partial charge in [0.25, 0.3) is 0 Å². The van der Waals surface area contributed by atoms with Crippen LogP contribution in [0.2, 0.25) is 0 Å². The number of aliphatic hydroxyl groups excluding tert-OH is 1. The van der Waals surface area contributed by atoms with E-state index in [9.17, 15) is 9.90 Å². The SMILES string of the molecule is CCCC(O)CNC(=O)NC(Cc1ccccc1)C1CC1. The van der Waals surface area contributed by atoms with Gasteiger partial charge in [0.15, 0.2) is 0 Å². The van der Waals surface area contributed by atoms with E-state index in [1.165, 1.54) is 18.4 Å². The molecule has 1 aromatic rings. The molecule has 1 fully saturated rings. The molecule has 1 aliphatic rings. The van der Waals surface area contributed by atoms with Crippen LogP contribution in [0, 0.1) is 5.92 Å². The maximum Gasteiger partial charge on any atom is 0.315 e. The van der Waals surface area contributed by atoms with Crippen LogP contribution >= 0.6 is 0 Å². The fraction of sp³-hybridized carbons (Fsp3) is 0.588. The second kappa shape index (κ2) is 8.03. The van der Waals surface area contributed by atoms with Crippen LogP contribution in [0.25, 0.3) is 0 Å². The highest BCUT2D eigenvalue weighted by molar-refractivity contribution is 5.74. The average Bonchev–Trinajstić information content (AvgIpc) is 3.30. The fourth-order valence-electron chi connectivity index (χ4n) is 2.57. The van der Waals surface area contributed by atoms with Gasteiger partial charge < -0.3 is 15.7 Å². The first-order valence-electron chi connectivity index (χ1n) is 7.95. The topological polar surface area (TPSA) is 61.4 Å². The zero-order valence-electron chi connectivity index (χ0n) is 12.7. The molecule has 1 aromatic carbocycles. The van der Waals surface area contributed by atoms with Crippen LogP contribution in [-0.4, -0.2) is 29.8 Å².